The van der Waals surface area contributed by atoms with Gasteiger partial charge in [0, 0.05) is 6.42 Å². The Kier molecular flexibility index (Phi) is 31.5. The van der Waals surface area contributed by atoms with Crippen molar-refractivity contribution in [2.75, 3.05) is 0 Å². The summed E-state index contributed by atoms with van der Waals surface area (Å²) in [5, 5.41) is 0. The van der Waals surface area contributed by atoms with E-state index in [1.807, 2.05) is 0 Å². The molecule has 1 aromatic heterocycles. The quantitative estimate of drug-likeness (QED) is 0.0524. The van der Waals surface area contributed by atoms with Crippen LogP contribution in [0.4, 0.5) is 0 Å². The van der Waals surface area contributed by atoms with E-state index >= 15 is 0 Å². The first kappa shape index (κ1) is 41.2. The fraction of sp³-hybridized carbons (Fsp3) is 0.929. The van der Waals surface area contributed by atoms with Crippen LogP contribution >= 0.6 is 0 Å². The highest BCUT2D eigenvalue weighted by Crippen LogP contribution is 2.16. The fourth-order valence-corrected chi connectivity index (χ4v) is 7.08. The highest BCUT2D eigenvalue weighted by Gasteiger charge is 2.15. The summed E-state index contributed by atoms with van der Waals surface area (Å²) in [5.41, 5.74) is 0. The SMILES string of the molecule is CCCCCCCCCCCCCCCCCCn1cc[n+](CCCCCCCCCCCCCCCCCC)c1CCC. The van der Waals surface area contributed by atoms with Crippen molar-refractivity contribution in [1.29, 1.82) is 0 Å². The Labute approximate surface area is 279 Å². The summed E-state index contributed by atoms with van der Waals surface area (Å²) < 4.78 is 5.17. The van der Waals surface area contributed by atoms with Gasteiger partial charge >= 0.3 is 0 Å². The third-order valence-corrected chi connectivity index (χ3v) is 10.1. The average molecular weight is 616 g/mol. The number of rotatable bonds is 36. The molecule has 0 saturated heterocycles. The molecule has 2 nitrogen and oxygen atoms in total. The van der Waals surface area contributed by atoms with Crippen LogP contribution < -0.4 is 4.57 Å². The van der Waals surface area contributed by atoms with Gasteiger partial charge in [0.2, 0.25) is 0 Å². The lowest BCUT2D eigenvalue weighted by atomic mass is 10.0. The van der Waals surface area contributed by atoms with E-state index < -0.39 is 0 Å². The second-order valence-corrected chi connectivity index (χ2v) is 14.5. The number of aromatic nitrogens is 2. The Hall–Kier alpha value is -0.790. The average Bonchev–Trinajstić information content (AvgIpc) is 3.41. The molecule has 0 radical (unpaired) electrons. The Morgan fingerprint density at radius 3 is 1.05 bits per heavy atom. The summed E-state index contributed by atoms with van der Waals surface area (Å²) in [5.74, 6) is 1.58. The summed E-state index contributed by atoms with van der Waals surface area (Å²) in [6, 6.07) is 0. The van der Waals surface area contributed by atoms with Gasteiger partial charge in [-0.3, -0.25) is 0 Å². The van der Waals surface area contributed by atoms with Gasteiger partial charge in [-0.05, 0) is 32.1 Å². The van der Waals surface area contributed by atoms with Crippen LogP contribution in [0, 0.1) is 0 Å². The third-order valence-electron chi connectivity index (χ3n) is 10.1. The minimum atomic E-state index is 1.22. The van der Waals surface area contributed by atoms with Crippen LogP contribution in [0.3, 0.4) is 0 Å². The van der Waals surface area contributed by atoms with E-state index in [9.17, 15) is 0 Å². The van der Waals surface area contributed by atoms with E-state index in [2.05, 4.69) is 42.3 Å². The molecule has 0 unspecified atom stereocenters. The highest BCUT2D eigenvalue weighted by atomic mass is 15.1. The van der Waals surface area contributed by atoms with Crippen molar-refractivity contribution in [3.8, 4) is 0 Å². The van der Waals surface area contributed by atoms with Crippen molar-refractivity contribution in [2.45, 2.75) is 252 Å². The molecule has 0 N–H and O–H groups in total. The largest absolute Gasteiger partial charge is 0.256 e. The molecule has 0 aliphatic heterocycles. The molecule has 44 heavy (non-hydrogen) atoms. The zero-order valence-corrected chi connectivity index (χ0v) is 31.0. The van der Waals surface area contributed by atoms with Gasteiger partial charge in [0.25, 0.3) is 5.82 Å². The van der Waals surface area contributed by atoms with E-state index in [0.717, 1.165) is 0 Å². The van der Waals surface area contributed by atoms with Crippen LogP contribution in [0.15, 0.2) is 12.4 Å². The molecule has 0 saturated carbocycles. The molecular formula is C42H83N2+. The van der Waals surface area contributed by atoms with E-state index in [1.54, 1.807) is 5.82 Å². The standard InChI is InChI=1S/C42H83N2/c1-4-7-9-11-13-15-17-19-21-23-25-27-29-31-33-35-38-43-40-41-44(42(43)37-6-3)39-36-34-32-30-28-26-24-22-20-18-16-14-12-10-8-5-2/h40-41H,4-39H2,1-3H3/q+1. The normalized spacial score (nSPS) is 11.6. The van der Waals surface area contributed by atoms with Crippen molar-refractivity contribution in [3.63, 3.8) is 0 Å². The number of unbranched alkanes of at least 4 members (excludes halogenated alkanes) is 30. The van der Waals surface area contributed by atoms with Crippen LogP contribution in [-0.4, -0.2) is 4.57 Å². The van der Waals surface area contributed by atoms with E-state index in [-0.39, 0.29) is 0 Å². The van der Waals surface area contributed by atoms with E-state index in [0.29, 0.717) is 0 Å². The Balaban J connectivity index is 1.96. The van der Waals surface area contributed by atoms with Gasteiger partial charge in [0.05, 0.1) is 13.1 Å². The van der Waals surface area contributed by atoms with Crippen molar-refractivity contribution in [3.05, 3.63) is 18.2 Å². The lowest BCUT2D eigenvalue weighted by molar-refractivity contribution is -0.704. The minimum absolute atomic E-state index is 1.22. The summed E-state index contributed by atoms with van der Waals surface area (Å²) in [4.78, 5) is 0. The maximum absolute atomic E-state index is 2.58. The van der Waals surface area contributed by atoms with Gasteiger partial charge in [-0.15, -0.1) is 0 Å². The smallest absolute Gasteiger partial charge is 0.234 e. The minimum Gasteiger partial charge on any atom is -0.234 e. The van der Waals surface area contributed by atoms with E-state index in [1.165, 1.54) is 231 Å². The highest BCUT2D eigenvalue weighted by molar-refractivity contribution is 4.84. The molecule has 0 aromatic carbocycles. The number of imidazole rings is 1. The van der Waals surface area contributed by atoms with Crippen LogP contribution in [0.25, 0.3) is 0 Å². The molecular weight excluding hydrogens is 532 g/mol. The summed E-state index contributed by atoms with van der Waals surface area (Å²) in [6.45, 7) is 9.40. The second-order valence-electron chi connectivity index (χ2n) is 14.5. The molecule has 0 aliphatic carbocycles. The molecule has 260 valence electrons. The van der Waals surface area contributed by atoms with Gasteiger partial charge in [-0.2, -0.15) is 0 Å². The molecule has 0 bridgehead atoms. The number of aryl methyl sites for hydroxylation is 2. The van der Waals surface area contributed by atoms with Gasteiger partial charge in [-0.25, -0.2) is 9.13 Å². The second kappa shape index (κ2) is 33.6. The van der Waals surface area contributed by atoms with Crippen molar-refractivity contribution < 1.29 is 4.57 Å². The first-order valence-corrected chi connectivity index (χ1v) is 20.9. The first-order valence-electron chi connectivity index (χ1n) is 20.9. The molecule has 1 heterocycles. The zero-order valence-electron chi connectivity index (χ0n) is 31.0. The number of nitrogens with zero attached hydrogens (tertiary/aromatic N) is 2. The summed E-state index contributed by atoms with van der Waals surface area (Å²) in [7, 11) is 0. The number of hydrogen-bond acceptors (Lipinski definition) is 0. The van der Waals surface area contributed by atoms with Gasteiger partial charge in [-0.1, -0.05) is 201 Å². The Morgan fingerprint density at radius 1 is 0.386 bits per heavy atom. The molecule has 0 aliphatic rings. The molecule has 1 rings (SSSR count). The van der Waals surface area contributed by atoms with Gasteiger partial charge in [0.1, 0.15) is 12.4 Å². The van der Waals surface area contributed by atoms with Crippen LogP contribution in [-0.2, 0) is 19.5 Å². The topological polar surface area (TPSA) is 8.81 Å². The summed E-state index contributed by atoms with van der Waals surface area (Å²) >= 11 is 0. The van der Waals surface area contributed by atoms with Crippen LogP contribution in [0.2, 0.25) is 0 Å². The Morgan fingerprint density at radius 2 is 0.705 bits per heavy atom. The molecule has 0 spiro atoms. The predicted molar refractivity (Wildman–Crippen MR) is 198 cm³/mol. The van der Waals surface area contributed by atoms with Crippen LogP contribution in [0.1, 0.15) is 238 Å². The van der Waals surface area contributed by atoms with Gasteiger partial charge in [0.15, 0.2) is 0 Å². The third kappa shape index (κ3) is 25.4. The molecule has 0 atom stereocenters. The maximum Gasteiger partial charge on any atom is 0.256 e. The fourth-order valence-electron chi connectivity index (χ4n) is 7.08. The molecule has 2 heteroatoms. The summed E-state index contributed by atoms with van der Waals surface area (Å²) in [6.07, 6.45) is 53.5. The molecule has 0 fully saturated rings. The Bertz CT molecular complexity index is 624. The molecule has 1 aromatic rings. The van der Waals surface area contributed by atoms with Crippen LogP contribution in [0.5, 0.6) is 0 Å². The van der Waals surface area contributed by atoms with Gasteiger partial charge < -0.3 is 0 Å². The monoisotopic (exact) mass is 616 g/mol. The predicted octanol–water partition coefficient (Wildman–Crippen LogP) is 14.3. The maximum atomic E-state index is 2.58. The van der Waals surface area contributed by atoms with Crippen molar-refractivity contribution >= 4 is 0 Å². The lowest BCUT2D eigenvalue weighted by Gasteiger charge is -2.06. The zero-order chi connectivity index (χ0) is 31.6. The first-order chi connectivity index (χ1) is 21.8. The lowest BCUT2D eigenvalue weighted by Crippen LogP contribution is -2.37. The number of hydrogen-bond donors (Lipinski definition) is 0. The molecule has 0 amide bonds. The van der Waals surface area contributed by atoms with Crippen molar-refractivity contribution in [1.82, 2.24) is 4.57 Å². The van der Waals surface area contributed by atoms with E-state index in [4.69, 9.17) is 0 Å². The van der Waals surface area contributed by atoms with Crippen molar-refractivity contribution in [2.24, 2.45) is 0 Å².